The van der Waals surface area contributed by atoms with Crippen LogP contribution in [0.5, 0.6) is 0 Å². The lowest BCUT2D eigenvalue weighted by Gasteiger charge is -2.06. The van der Waals surface area contributed by atoms with Crippen LogP contribution in [0.2, 0.25) is 0 Å². The summed E-state index contributed by atoms with van der Waals surface area (Å²) in [6.07, 6.45) is 2.81. The highest BCUT2D eigenvalue weighted by Crippen LogP contribution is 2.11. The van der Waals surface area contributed by atoms with Gasteiger partial charge in [0.25, 0.3) is 0 Å². The van der Waals surface area contributed by atoms with Crippen molar-refractivity contribution < 1.29 is 5.21 Å². The van der Waals surface area contributed by atoms with Gasteiger partial charge in [-0.25, -0.2) is 15.0 Å². The second-order valence-corrected chi connectivity index (χ2v) is 3.36. The lowest BCUT2D eigenvalue weighted by atomic mass is 10.3. The van der Waals surface area contributed by atoms with Crippen LogP contribution >= 0.6 is 0 Å². The van der Waals surface area contributed by atoms with Gasteiger partial charge in [0.15, 0.2) is 11.7 Å². The van der Waals surface area contributed by atoms with Crippen LogP contribution in [0.4, 0.5) is 0 Å². The quantitative estimate of drug-likeness (QED) is 0.320. The van der Waals surface area contributed by atoms with Gasteiger partial charge in [0.2, 0.25) is 0 Å². The molecule has 2 aromatic heterocycles. The summed E-state index contributed by atoms with van der Waals surface area (Å²) < 4.78 is 1.52. The van der Waals surface area contributed by atoms with E-state index in [1.54, 1.807) is 13.8 Å². The summed E-state index contributed by atoms with van der Waals surface area (Å²) in [7, 11) is 0. The second kappa shape index (κ2) is 4.16. The zero-order chi connectivity index (χ0) is 12.4. The first kappa shape index (κ1) is 11.0. The highest BCUT2D eigenvalue weighted by Gasteiger charge is 2.14. The van der Waals surface area contributed by atoms with Gasteiger partial charge in [0, 0.05) is 6.20 Å². The third-order valence-corrected chi connectivity index (χ3v) is 2.15. The number of aromatic nitrogens is 5. The van der Waals surface area contributed by atoms with Crippen LogP contribution in [-0.4, -0.2) is 35.8 Å². The third kappa shape index (κ3) is 1.92. The molecule has 0 saturated carbocycles. The maximum Gasteiger partial charge on any atom is 0.175 e. The van der Waals surface area contributed by atoms with Crippen LogP contribution in [0.3, 0.4) is 0 Å². The summed E-state index contributed by atoms with van der Waals surface area (Å²) >= 11 is 0. The Morgan fingerprint density at radius 1 is 1.47 bits per heavy atom. The second-order valence-electron chi connectivity index (χ2n) is 3.36. The van der Waals surface area contributed by atoms with E-state index in [1.165, 1.54) is 17.2 Å². The van der Waals surface area contributed by atoms with E-state index in [4.69, 9.17) is 10.9 Å². The van der Waals surface area contributed by atoms with Gasteiger partial charge in [-0.05, 0) is 13.8 Å². The van der Waals surface area contributed by atoms with Gasteiger partial charge in [-0.1, -0.05) is 5.16 Å². The summed E-state index contributed by atoms with van der Waals surface area (Å²) in [4.78, 5) is 12.1. The molecule has 0 aromatic carbocycles. The monoisotopic (exact) mass is 233 g/mol. The molecule has 2 rings (SSSR count). The molecule has 0 radical (unpaired) electrons. The van der Waals surface area contributed by atoms with Crippen LogP contribution in [0.25, 0.3) is 5.82 Å². The summed E-state index contributed by atoms with van der Waals surface area (Å²) in [6.45, 7) is 3.56. The van der Waals surface area contributed by atoms with Gasteiger partial charge in [-0.15, -0.1) is 5.10 Å². The normalized spacial score (nSPS) is 11.8. The van der Waals surface area contributed by atoms with Crippen molar-refractivity contribution >= 4 is 5.84 Å². The van der Waals surface area contributed by atoms with Crippen molar-refractivity contribution in [3.8, 4) is 5.82 Å². The van der Waals surface area contributed by atoms with Crippen LogP contribution in [0.15, 0.2) is 17.7 Å². The molecule has 0 atom stereocenters. The number of rotatable bonds is 2. The molecular formula is C9H11N7O. The Balaban J connectivity index is 2.64. The number of oxime groups is 1. The lowest BCUT2D eigenvalue weighted by Crippen LogP contribution is -2.18. The van der Waals surface area contributed by atoms with Gasteiger partial charge >= 0.3 is 0 Å². The number of nitrogens with two attached hydrogens (primary N) is 1. The molecule has 8 nitrogen and oxygen atoms in total. The van der Waals surface area contributed by atoms with E-state index in [2.05, 4.69) is 25.2 Å². The highest BCUT2D eigenvalue weighted by atomic mass is 16.4. The van der Waals surface area contributed by atoms with Gasteiger partial charge in [-0.3, -0.25) is 0 Å². The smallest absolute Gasteiger partial charge is 0.175 e. The molecule has 0 aliphatic rings. The average molecular weight is 233 g/mol. The Morgan fingerprint density at radius 3 is 2.82 bits per heavy atom. The Hall–Kier alpha value is -2.51. The standard InChI is InChI=1S/C9H11N7O/c1-5-13-6(2)16(14-5)9-7(8(10)15-17)3-11-4-12-9/h3-4,17H,1-2H3,(H2,10,15). The fourth-order valence-corrected chi connectivity index (χ4v) is 1.45. The van der Waals surface area contributed by atoms with E-state index in [9.17, 15) is 0 Å². The minimum absolute atomic E-state index is 0.0758. The molecule has 17 heavy (non-hydrogen) atoms. The van der Waals surface area contributed by atoms with E-state index >= 15 is 0 Å². The number of nitrogens with zero attached hydrogens (tertiary/aromatic N) is 6. The summed E-state index contributed by atoms with van der Waals surface area (Å²) in [6, 6.07) is 0. The Bertz CT molecular complexity index is 574. The predicted octanol–water partition coefficient (Wildman–Crippen LogP) is -0.231. The molecule has 0 amide bonds. The molecule has 0 spiro atoms. The molecule has 0 unspecified atom stereocenters. The van der Waals surface area contributed by atoms with Crippen LogP contribution in [-0.2, 0) is 0 Å². The molecule has 0 bridgehead atoms. The highest BCUT2D eigenvalue weighted by molar-refractivity contribution is 5.99. The largest absolute Gasteiger partial charge is 0.409 e. The molecule has 0 aliphatic heterocycles. The van der Waals surface area contributed by atoms with E-state index < -0.39 is 0 Å². The molecule has 3 N–H and O–H groups in total. The summed E-state index contributed by atoms with van der Waals surface area (Å²) in [5.74, 6) is 1.63. The molecule has 2 aromatic rings. The first-order valence-corrected chi connectivity index (χ1v) is 4.82. The lowest BCUT2D eigenvalue weighted by molar-refractivity contribution is 0.318. The molecule has 0 fully saturated rings. The number of amidine groups is 1. The number of hydrogen-bond acceptors (Lipinski definition) is 6. The van der Waals surface area contributed by atoms with Crippen molar-refractivity contribution in [1.29, 1.82) is 0 Å². The molecule has 2 heterocycles. The van der Waals surface area contributed by atoms with Crippen molar-refractivity contribution in [2.24, 2.45) is 10.9 Å². The van der Waals surface area contributed by atoms with Crippen molar-refractivity contribution in [2.45, 2.75) is 13.8 Å². The summed E-state index contributed by atoms with van der Waals surface area (Å²) in [5.41, 5.74) is 5.94. The fraction of sp³-hybridized carbons (Fsp3) is 0.222. The zero-order valence-corrected chi connectivity index (χ0v) is 9.36. The SMILES string of the molecule is Cc1nc(C)n(-c2ncncc2C(N)=NO)n1. The van der Waals surface area contributed by atoms with Gasteiger partial charge in [0.05, 0.1) is 5.56 Å². The van der Waals surface area contributed by atoms with Crippen LogP contribution < -0.4 is 5.73 Å². The van der Waals surface area contributed by atoms with Crippen LogP contribution in [0, 0.1) is 13.8 Å². The van der Waals surface area contributed by atoms with Crippen molar-refractivity contribution in [2.75, 3.05) is 0 Å². The minimum atomic E-state index is -0.0758. The zero-order valence-electron chi connectivity index (χ0n) is 9.36. The number of hydrogen-bond donors (Lipinski definition) is 2. The Kier molecular flexibility index (Phi) is 2.69. The molecule has 8 heteroatoms. The average Bonchev–Trinajstić information content (AvgIpc) is 2.67. The first-order valence-electron chi connectivity index (χ1n) is 4.82. The topological polar surface area (TPSA) is 115 Å². The molecule has 88 valence electrons. The van der Waals surface area contributed by atoms with E-state index in [-0.39, 0.29) is 5.84 Å². The first-order chi connectivity index (χ1) is 8.13. The van der Waals surface area contributed by atoms with Crippen molar-refractivity contribution in [3.63, 3.8) is 0 Å². The Labute approximate surface area is 96.8 Å². The summed E-state index contributed by atoms with van der Waals surface area (Å²) in [5, 5.41) is 15.8. The fourth-order valence-electron chi connectivity index (χ4n) is 1.45. The van der Waals surface area contributed by atoms with Crippen molar-refractivity contribution in [3.05, 3.63) is 29.7 Å². The van der Waals surface area contributed by atoms with E-state index in [1.807, 2.05) is 0 Å². The predicted molar refractivity (Wildman–Crippen MR) is 58.9 cm³/mol. The van der Waals surface area contributed by atoms with Gasteiger partial charge in [0.1, 0.15) is 18.0 Å². The Morgan fingerprint density at radius 2 is 2.24 bits per heavy atom. The number of aryl methyl sites for hydroxylation is 2. The maximum atomic E-state index is 8.70. The molecule has 0 saturated heterocycles. The minimum Gasteiger partial charge on any atom is -0.409 e. The van der Waals surface area contributed by atoms with Gasteiger partial charge in [-0.2, -0.15) is 4.68 Å². The van der Waals surface area contributed by atoms with E-state index in [0.717, 1.165) is 0 Å². The van der Waals surface area contributed by atoms with Crippen LogP contribution in [0.1, 0.15) is 17.2 Å². The third-order valence-electron chi connectivity index (χ3n) is 2.15. The van der Waals surface area contributed by atoms with E-state index in [0.29, 0.717) is 23.0 Å². The van der Waals surface area contributed by atoms with Crippen molar-refractivity contribution in [1.82, 2.24) is 24.7 Å². The molecule has 0 aliphatic carbocycles. The maximum absolute atomic E-state index is 8.70. The van der Waals surface area contributed by atoms with Gasteiger partial charge < -0.3 is 10.9 Å². The molecular weight excluding hydrogens is 222 g/mol.